The number of thioether (sulfide) groups is 1. The molecule has 0 saturated carbocycles. The Kier molecular flexibility index (Phi) is 12.3. The number of aliphatic carboxylic acids is 1. The number of carboxylic acid groups (broad SMARTS) is 1. The Hall–Kier alpha value is -0.760. The minimum atomic E-state index is -5.19. The van der Waals surface area contributed by atoms with E-state index in [1.807, 2.05) is 0 Å². The van der Waals surface area contributed by atoms with Crippen molar-refractivity contribution in [3.63, 3.8) is 0 Å². The molecular weight excluding hydrogens is 271 g/mol. The van der Waals surface area contributed by atoms with Crippen molar-refractivity contribution in [3.8, 4) is 0 Å². The van der Waals surface area contributed by atoms with Crippen LogP contribution in [-0.2, 0) is 9.59 Å². The standard InChI is InChI=1S/C8H17NOS.C2HF3O2/c1-8(10)11-7-5-3-2-4-6-9;3-2(4,5)1(6)7/h2-7,9H2,1H3;(H,6,7). The van der Waals surface area contributed by atoms with Gasteiger partial charge in [0.2, 0.25) is 0 Å². The number of hydrogen-bond acceptors (Lipinski definition) is 4. The van der Waals surface area contributed by atoms with Gasteiger partial charge in [-0.05, 0) is 19.3 Å². The maximum Gasteiger partial charge on any atom is 0.430 e. The van der Waals surface area contributed by atoms with Gasteiger partial charge in [0.05, 0.1) is 6.54 Å². The number of carboxylic acids is 1. The van der Waals surface area contributed by atoms with E-state index in [9.17, 15) is 18.0 Å². The number of halogens is 3. The zero-order valence-electron chi connectivity index (χ0n) is 10.2. The number of rotatable bonds is 6. The number of hydrogen-bond donors (Lipinski definition) is 1. The van der Waals surface area contributed by atoms with Gasteiger partial charge < -0.3 is 15.6 Å². The van der Waals surface area contributed by atoms with Crippen molar-refractivity contribution in [2.24, 2.45) is 0 Å². The molecule has 8 heteroatoms. The largest absolute Gasteiger partial charge is 0.542 e. The summed E-state index contributed by atoms with van der Waals surface area (Å²) in [5.41, 5.74) is 3.77. The molecule has 0 aromatic rings. The van der Waals surface area contributed by atoms with Crippen molar-refractivity contribution in [1.29, 1.82) is 0 Å². The second kappa shape index (κ2) is 11.3. The molecule has 0 radical (unpaired) electrons. The lowest BCUT2D eigenvalue weighted by atomic mass is 10.2. The third kappa shape index (κ3) is 17.6. The third-order valence-corrected chi connectivity index (χ3v) is 2.58. The van der Waals surface area contributed by atoms with Crippen LogP contribution in [0.4, 0.5) is 13.2 Å². The monoisotopic (exact) mass is 289 g/mol. The highest BCUT2D eigenvalue weighted by Crippen LogP contribution is 2.11. The zero-order chi connectivity index (χ0) is 14.6. The molecule has 0 amide bonds. The smallest absolute Gasteiger partial charge is 0.430 e. The molecule has 0 aliphatic rings. The Balaban J connectivity index is 0. The van der Waals surface area contributed by atoms with E-state index in [0.717, 1.165) is 12.3 Å². The molecule has 0 spiro atoms. The van der Waals surface area contributed by atoms with Crippen molar-refractivity contribution in [2.45, 2.75) is 38.8 Å². The Morgan fingerprint density at radius 3 is 1.94 bits per heavy atom. The summed E-state index contributed by atoms with van der Waals surface area (Å²) in [5, 5.41) is 9.02. The lowest BCUT2D eigenvalue weighted by Crippen LogP contribution is -2.50. The Morgan fingerprint density at radius 2 is 1.61 bits per heavy atom. The normalized spacial score (nSPS) is 10.5. The summed E-state index contributed by atoms with van der Waals surface area (Å²) in [6, 6.07) is 0. The summed E-state index contributed by atoms with van der Waals surface area (Å²) in [7, 11) is 0. The van der Waals surface area contributed by atoms with E-state index in [4.69, 9.17) is 9.90 Å². The first-order valence-electron chi connectivity index (χ1n) is 5.42. The van der Waals surface area contributed by atoms with E-state index in [1.165, 1.54) is 37.4 Å². The molecule has 0 saturated heterocycles. The van der Waals surface area contributed by atoms with Gasteiger partial charge in [0.25, 0.3) is 0 Å². The average Bonchev–Trinajstić information content (AvgIpc) is 2.22. The van der Waals surface area contributed by atoms with Gasteiger partial charge in [-0.15, -0.1) is 0 Å². The predicted octanol–water partition coefficient (Wildman–Crippen LogP) is 0.367. The second-order valence-electron chi connectivity index (χ2n) is 3.39. The van der Waals surface area contributed by atoms with E-state index in [1.54, 1.807) is 6.92 Å². The van der Waals surface area contributed by atoms with Crippen LogP contribution < -0.4 is 10.8 Å². The van der Waals surface area contributed by atoms with Crippen LogP contribution in [0.1, 0.15) is 32.6 Å². The molecule has 0 aromatic heterocycles. The van der Waals surface area contributed by atoms with Crippen LogP contribution in [0.2, 0.25) is 0 Å². The number of alkyl halides is 3. The molecule has 4 nitrogen and oxygen atoms in total. The van der Waals surface area contributed by atoms with Crippen molar-refractivity contribution >= 4 is 22.8 Å². The molecule has 3 N–H and O–H groups in total. The van der Waals surface area contributed by atoms with E-state index < -0.39 is 12.1 Å². The summed E-state index contributed by atoms with van der Waals surface area (Å²) in [6.07, 6.45) is -0.285. The molecule has 0 rings (SSSR count). The highest BCUT2D eigenvalue weighted by molar-refractivity contribution is 8.13. The van der Waals surface area contributed by atoms with Crippen molar-refractivity contribution < 1.29 is 33.6 Å². The summed E-state index contributed by atoms with van der Waals surface area (Å²) in [5.74, 6) is -2.01. The van der Waals surface area contributed by atoms with Gasteiger partial charge in [0.1, 0.15) is 5.97 Å². The molecule has 0 aliphatic carbocycles. The quantitative estimate of drug-likeness (QED) is 0.716. The fourth-order valence-corrected chi connectivity index (χ4v) is 1.48. The van der Waals surface area contributed by atoms with E-state index >= 15 is 0 Å². The van der Waals surface area contributed by atoms with Gasteiger partial charge in [-0.2, -0.15) is 13.2 Å². The SMILES string of the molecule is CC(=O)SCCCCCC[NH3+].O=C([O-])C(F)(F)F. The van der Waals surface area contributed by atoms with Crippen LogP contribution in [0.15, 0.2) is 0 Å². The highest BCUT2D eigenvalue weighted by atomic mass is 32.2. The molecular formula is C10H18F3NO3S. The van der Waals surface area contributed by atoms with Crippen molar-refractivity contribution in [2.75, 3.05) is 12.3 Å². The minimum absolute atomic E-state index is 0.238. The summed E-state index contributed by atoms with van der Waals surface area (Å²) < 4.78 is 31.5. The molecule has 0 fully saturated rings. The zero-order valence-corrected chi connectivity index (χ0v) is 11.0. The summed E-state index contributed by atoms with van der Waals surface area (Å²) in [6.45, 7) is 2.67. The molecule has 18 heavy (non-hydrogen) atoms. The fourth-order valence-electron chi connectivity index (χ4n) is 0.848. The molecule has 0 bridgehead atoms. The lowest BCUT2D eigenvalue weighted by molar-refractivity contribution is -0.368. The predicted molar refractivity (Wildman–Crippen MR) is 60.4 cm³/mol. The third-order valence-electron chi connectivity index (χ3n) is 1.68. The van der Waals surface area contributed by atoms with E-state index in [2.05, 4.69) is 5.73 Å². The van der Waals surface area contributed by atoms with Crippen LogP contribution in [-0.4, -0.2) is 29.6 Å². The lowest BCUT2D eigenvalue weighted by Gasteiger charge is -2.03. The number of quaternary nitrogens is 1. The molecule has 0 atom stereocenters. The molecule has 0 aromatic carbocycles. The Bertz CT molecular complexity index is 247. The summed E-state index contributed by atoms with van der Waals surface area (Å²) >= 11 is 1.43. The van der Waals surface area contributed by atoms with Crippen LogP contribution in [0.3, 0.4) is 0 Å². The van der Waals surface area contributed by atoms with E-state index in [0.29, 0.717) is 0 Å². The van der Waals surface area contributed by atoms with Crippen molar-refractivity contribution in [1.82, 2.24) is 0 Å². The van der Waals surface area contributed by atoms with Gasteiger partial charge >= 0.3 is 6.18 Å². The molecule has 108 valence electrons. The van der Waals surface area contributed by atoms with Crippen molar-refractivity contribution in [3.05, 3.63) is 0 Å². The van der Waals surface area contributed by atoms with Crippen LogP contribution >= 0.6 is 11.8 Å². The van der Waals surface area contributed by atoms with Gasteiger partial charge in [-0.1, -0.05) is 18.2 Å². The molecule has 0 aliphatic heterocycles. The first kappa shape index (κ1) is 19.6. The van der Waals surface area contributed by atoms with Gasteiger partial charge in [0.15, 0.2) is 5.12 Å². The Morgan fingerprint density at radius 1 is 1.17 bits per heavy atom. The highest BCUT2D eigenvalue weighted by Gasteiger charge is 2.28. The second-order valence-corrected chi connectivity index (χ2v) is 4.66. The number of carbonyl (C=O) groups excluding carboxylic acids is 2. The van der Waals surface area contributed by atoms with E-state index in [-0.39, 0.29) is 5.12 Å². The first-order valence-corrected chi connectivity index (χ1v) is 6.41. The Labute approximate surface area is 108 Å². The van der Waals surface area contributed by atoms with Crippen LogP contribution in [0, 0.1) is 0 Å². The van der Waals surface area contributed by atoms with Gasteiger partial charge in [0, 0.05) is 12.7 Å². The number of unbranched alkanes of at least 4 members (excludes halogenated alkanes) is 3. The number of carbonyl (C=O) groups is 2. The van der Waals surface area contributed by atoms with Gasteiger partial charge in [-0.25, -0.2) is 0 Å². The average molecular weight is 289 g/mol. The first-order chi connectivity index (χ1) is 8.21. The topological polar surface area (TPSA) is 84.8 Å². The fraction of sp³-hybridized carbons (Fsp3) is 0.800. The maximum absolute atomic E-state index is 10.5. The molecule has 0 unspecified atom stereocenters. The maximum atomic E-state index is 10.5. The van der Waals surface area contributed by atoms with Crippen LogP contribution in [0.25, 0.3) is 0 Å². The summed E-state index contributed by atoms with van der Waals surface area (Å²) in [4.78, 5) is 19.3. The van der Waals surface area contributed by atoms with Crippen LogP contribution in [0.5, 0.6) is 0 Å². The van der Waals surface area contributed by atoms with Gasteiger partial charge in [-0.3, -0.25) is 4.79 Å². The minimum Gasteiger partial charge on any atom is -0.542 e. The molecule has 0 heterocycles.